The summed E-state index contributed by atoms with van der Waals surface area (Å²) in [5.41, 5.74) is 17.5. The van der Waals surface area contributed by atoms with Crippen molar-refractivity contribution in [2.24, 2.45) is 5.92 Å². The van der Waals surface area contributed by atoms with Gasteiger partial charge < -0.3 is 5.32 Å². The topological polar surface area (TPSA) is 50.7 Å². The number of fused-ring (bicyclic) bond motifs is 5. The fourth-order valence-corrected chi connectivity index (χ4v) is 8.25. The van der Waals surface area contributed by atoms with Crippen molar-refractivity contribution in [3.8, 4) is 56.4 Å². The van der Waals surface area contributed by atoms with Gasteiger partial charge in [-0.15, -0.1) is 0 Å². The van der Waals surface area contributed by atoms with Crippen LogP contribution in [-0.4, -0.2) is 15.0 Å². The number of nitrogens with zero attached hydrogens (tertiary/aromatic N) is 3. The minimum Gasteiger partial charge on any atom is -0.364 e. The molecule has 272 valence electrons. The standard InChI is InChI=1S/C53H40N4/c1-35-14-11-24-47-49-33-40(37-17-7-3-8-18-37)25-26-42(49)34-48-41(23-13-29-54-50(35)47)31-45-32-44(27-28-46(45)48)53-56-51(38-19-9-4-10-20-38)55-52(57-53)43-22-12-21-39(30-43)36-15-5-2-6-16-36/h2-13,15-30,32-35,54H,14,31H2,1H3/b29-13+,41-23-,48-34+. The van der Waals surface area contributed by atoms with Crippen molar-refractivity contribution in [3.05, 3.63) is 216 Å². The minimum atomic E-state index is 0.383. The van der Waals surface area contributed by atoms with Gasteiger partial charge in [-0.3, -0.25) is 0 Å². The van der Waals surface area contributed by atoms with E-state index in [0.29, 0.717) is 23.4 Å². The fraction of sp³-hybridized carbons (Fsp3) is 0.0755. The predicted octanol–water partition coefficient (Wildman–Crippen LogP) is 12.7. The molecule has 1 aromatic heterocycles. The summed E-state index contributed by atoms with van der Waals surface area (Å²) in [7, 11) is 0. The highest BCUT2D eigenvalue weighted by molar-refractivity contribution is 5.99. The lowest BCUT2D eigenvalue weighted by molar-refractivity contribution is 0.651. The maximum absolute atomic E-state index is 5.14. The average molecular weight is 733 g/mol. The summed E-state index contributed by atoms with van der Waals surface area (Å²) in [6.07, 6.45) is 15.3. The highest BCUT2D eigenvalue weighted by Gasteiger charge is 2.25. The molecule has 3 aliphatic rings. The van der Waals surface area contributed by atoms with E-state index in [-0.39, 0.29) is 0 Å². The normalized spacial score (nSPS) is 18.0. The van der Waals surface area contributed by atoms with Gasteiger partial charge in [0.15, 0.2) is 17.5 Å². The Morgan fingerprint density at radius 2 is 1.14 bits per heavy atom. The summed E-state index contributed by atoms with van der Waals surface area (Å²) in [4.78, 5) is 15.3. The number of hydrogen-bond acceptors (Lipinski definition) is 4. The molecule has 2 aliphatic carbocycles. The zero-order valence-corrected chi connectivity index (χ0v) is 31.7. The Hall–Kier alpha value is -7.17. The molecule has 0 bridgehead atoms. The van der Waals surface area contributed by atoms with Crippen LogP contribution in [0.2, 0.25) is 0 Å². The van der Waals surface area contributed by atoms with Gasteiger partial charge in [0.1, 0.15) is 0 Å². The van der Waals surface area contributed by atoms with Crippen LogP contribution in [0.3, 0.4) is 0 Å². The Balaban J connectivity index is 1.09. The first-order chi connectivity index (χ1) is 28.1. The molecule has 1 aliphatic heterocycles. The van der Waals surface area contributed by atoms with Crippen LogP contribution in [0.5, 0.6) is 0 Å². The molecule has 57 heavy (non-hydrogen) atoms. The van der Waals surface area contributed by atoms with Crippen LogP contribution in [0.4, 0.5) is 0 Å². The molecule has 0 fully saturated rings. The van der Waals surface area contributed by atoms with Crippen molar-refractivity contribution in [1.29, 1.82) is 0 Å². The Labute approximate surface area is 334 Å². The Morgan fingerprint density at radius 1 is 0.544 bits per heavy atom. The van der Waals surface area contributed by atoms with E-state index in [2.05, 4.69) is 176 Å². The van der Waals surface area contributed by atoms with E-state index in [1.165, 1.54) is 55.8 Å². The van der Waals surface area contributed by atoms with Gasteiger partial charge in [-0.25, -0.2) is 15.0 Å². The van der Waals surface area contributed by atoms with E-state index in [4.69, 9.17) is 15.0 Å². The first-order valence-electron chi connectivity index (χ1n) is 19.7. The molecule has 0 saturated heterocycles. The van der Waals surface area contributed by atoms with E-state index in [0.717, 1.165) is 40.7 Å². The van der Waals surface area contributed by atoms with Gasteiger partial charge in [0.25, 0.3) is 0 Å². The number of rotatable bonds is 5. The number of nitrogens with one attached hydrogen (secondary N) is 1. The van der Waals surface area contributed by atoms with E-state index in [1.54, 1.807) is 0 Å². The molecule has 1 N–H and O–H groups in total. The summed E-state index contributed by atoms with van der Waals surface area (Å²) in [6, 6.07) is 53.4. The van der Waals surface area contributed by atoms with Gasteiger partial charge in [0.2, 0.25) is 0 Å². The van der Waals surface area contributed by atoms with Crippen molar-refractivity contribution in [3.63, 3.8) is 0 Å². The molecule has 4 nitrogen and oxygen atoms in total. The highest BCUT2D eigenvalue weighted by Crippen LogP contribution is 2.43. The lowest BCUT2D eigenvalue weighted by Crippen LogP contribution is -2.17. The number of benzene rings is 6. The Morgan fingerprint density at radius 3 is 1.86 bits per heavy atom. The quantitative estimate of drug-likeness (QED) is 0.191. The molecule has 6 aromatic carbocycles. The molecule has 0 saturated carbocycles. The molecule has 0 spiro atoms. The summed E-state index contributed by atoms with van der Waals surface area (Å²) >= 11 is 0. The molecule has 2 heterocycles. The van der Waals surface area contributed by atoms with Gasteiger partial charge in [-0.1, -0.05) is 159 Å². The summed E-state index contributed by atoms with van der Waals surface area (Å²) < 4.78 is 0. The van der Waals surface area contributed by atoms with Crippen molar-refractivity contribution in [1.82, 2.24) is 20.3 Å². The smallest absolute Gasteiger partial charge is 0.164 e. The summed E-state index contributed by atoms with van der Waals surface area (Å²) in [5.74, 6) is 2.34. The molecule has 1 unspecified atom stereocenters. The van der Waals surface area contributed by atoms with E-state index in [1.807, 2.05) is 24.3 Å². The van der Waals surface area contributed by atoms with E-state index >= 15 is 0 Å². The highest BCUT2D eigenvalue weighted by atomic mass is 15.0. The third-order valence-corrected chi connectivity index (χ3v) is 11.2. The number of aromatic nitrogens is 3. The second-order valence-corrected chi connectivity index (χ2v) is 15.0. The third kappa shape index (κ3) is 6.76. The largest absolute Gasteiger partial charge is 0.364 e. The van der Waals surface area contributed by atoms with Gasteiger partial charge in [-0.05, 0) is 98.8 Å². The Bertz CT molecular complexity index is 2810. The lowest BCUT2D eigenvalue weighted by atomic mass is 9.85. The second-order valence-electron chi connectivity index (χ2n) is 15.0. The van der Waals surface area contributed by atoms with Crippen molar-refractivity contribution in [2.45, 2.75) is 19.8 Å². The van der Waals surface area contributed by atoms with Crippen LogP contribution >= 0.6 is 0 Å². The molecule has 4 heteroatoms. The molecular weight excluding hydrogens is 693 g/mol. The maximum Gasteiger partial charge on any atom is 0.164 e. The van der Waals surface area contributed by atoms with Crippen LogP contribution in [0, 0.1) is 5.92 Å². The zero-order valence-electron chi connectivity index (χ0n) is 31.7. The molecule has 0 radical (unpaired) electrons. The zero-order chi connectivity index (χ0) is 38.1. The second kappa shape index (κ2) is 14.8. The summed E-state index contributed by atoms with van der Waals surface area (Å²) in [5, 5.41) is 3.71. The molecule has 1 atom stereocenters. The first kappa shape index (κ1) is 34.3. The minimum absolute atomic E-state index is 0.383. The number of hydrogen-bond donors (Lipinski definition) is 1. The van der Waals surface area contributed by atoms with E-state index < -0.39 is 0 Å². The first-order valence-corrected chi connectivity index (χ1v) is 19.7. The number of allylic oxidation sites excluding steroid dienone is 8. The lowest BCUT2D eigenvalue weighted by Gasteiger charge is -2.24. The third-order valence-electron chi connectivity index (χ3n) is 11.2. The average Bonchev–Trinajstić information content (AvgIpc) is 3.61. The van der Waals surface area contributed by atoms with Crippen LogP contribution < -0.4 is 5.32 Å². The maximum atomic E-state index is 5.14. The monoisotopic (exact) mass is 732 g/mol. The molecular formula is C53H40N4. The van der Waals surface area contributed by atoms with Gasteiger partial charge >= 0.3 is 0 Å². The van der Waals surface area contributed by atoms with E-state index in [9.17, 15) is 0 Å². The van der Waals surface area contributed by atoms with Crippen molar-refractivity contribution < 1.29 is 0 Å². The van der Waals surface area contributed by atoms with Crippen LogP contribution in [-0.2, 0) is 6.42 Å². The predicted molar refractivity (Wildman–Crippen MR) is 235 cm³/mol. The molecule has 10 rings (SSSR count). The van der Waals surface area contributed by atoms with Crippen LogP contribution in [0.15, 0.2) is 193 Å². The van der Waals surface area contributed by atoms with Crippen molar-refractivity contribution in [2.75, 3.05) is 0 Å². The van der Waals surface area contributed by atoms with Crippen molar-refractivity contribution >= 4 is 17.2 Å². The van der Waals surface area contributed by atoms with Crippen LogP contribution in [0.25, 0.3) is 73.6 Å². The van der Waals surface area contributed by atoms with Crippen LogP contribution in [0.1, 0.15) is 35.6 Å². The molecule has 7 aromatic rings. The van der Waals surface area contributed by atoms with Gasteiger partial charge in [0.05, 0.1) is 0 Å². The fourth-order valence-electron chi connectivity index (χ4n) is 8.25. The summed E-state index contributed by atoms with van der Waals surface area (Å²) in [6.45, 7) is 2.31. The SMILES string of the molecule is CC1CC=CC2=C1N/C=C/C=C1/Cc3cc(-c4nc(-c5ccccc5)nc(-c5cccc(-c6ccccc6)c5)n4)ccc3/C1=C/c1ccc(-c3ccccc3)cc12. The van der Waals surface area contributed by atoms with Gasteiger partial charge in [0, 0.05) is 40.1 Å². The van der Waals surface area contributed by atoms with Gasteiger partial charge in [-0.2, -0.15) is 0 Å². The Kier molecular flexibility index (Phi) is 8.92. The molecule has 0 amide bonds.